The molecule has 35 heavy (non-hydrogen) atoms. The SMILES string of the molecule is O=C(N[C@H]1C[C@@H]2C[C@]2(C(=O)NC2CCC(C(=O)O)C2)C1)OCC1c2ccccc2-c2ccccc21. The molecule has 5 atom stereocenters. The molecule has 0 radical (unpaired) electrons. The summed E-state index contributed by atoms with van der Waals surface area (Å²) in [6.07, 6.45) is 3.63. The monoisotopic (exact) mass is 474 g/mol. The van der Waals surface area contributed by atoms with Gasteiger partial charge in [0.2, 0.25) is 5.91 Å². The molecule has 7 heteroatoms. The van der Waals surface area contributed by atoms with E-state index in [2.05, 4.69) is 34.9 Å². The van der Waals surface area contributed by atoms with Crippen molar-refractivity contribution in [3.8, 4) is 11.1 Å². The highest BCUT2D eigenvalue weighted by Crippen LogP contribution is 2.63. The topological polar surface area (TPSA) is 105 Å². The standard InChI is InChI=1S/C28H30N2O5/c31-25(32)16-9-10-18(11-16)29-26(33)28-13-17(28)12-19(14-28)30-27(34)35-15-24-22-7-3-1-5-20(22)21-6-2-4-8-23(21)24/h1-8,16-19,24H,9-15H2,(H,29,33)(H,30,34)(H,31,32)/t16?,17-,18?,19+,28+/m1/s1. The summed E-state index contributed by atoms with van der Waals surface area (Å²) in [4.78, 5) is 36.9. The molecule has 6 rings (SSSR count). The molecule has 4 aliphatic carbocycles. The van der Waals surface area contributed by atoms with Gasteiger partial charge in [0.25, 0.3) is 0 Å². The second-order valence-electron chi connectivity index (χ2n) is 10.7. The van der Waals surface area contributed by atoms with Crippen molar-refractivity contribution in [2.75, 3.05) is 6.61 Å². The van der Waals surface area contributed by atoms with Crippen molar-refractivity contribution >= 4 is 18.0 Å². The third-order valence-electron chi connectivity index (χ3n) is 8.65. The van der Waals surface area contributed by atoms with Gasteiger partial charge < -0.3 is 20.5 Å². The molecule has 3 fully saturated rings. The van der Waals surface area contributed by atoms with Gasteiger partial charge in [-0.15, -0.1) is 0 Å². The van der Waals surface area contributed by atoms with Gasteiger partial charge in [-0.1, -0.05) is 48.5 Å². The molecule has 2 amide bonds. The van der Waals surface area contributed by atoms with Crippen molar-refractivity contribution in [1.82, 2.24) is 10.6 Å². The quantitative estimate of drug-likeness (QED) is 0.586. The van der Waals surface area contributed by atoms with Gasteiger partial charge in [0.1, 0.15) is 6.61 Å². The van der Waals surface area contributed by atoms with E-state index >= 15 is 0 Å². The minimum Gasteiger partial charge on any atom is -0.481 e. The maximum atomic E-state index is 13.0. The fourth-order valence-corrected chi connectivity index (χ4v) is 6.76. The first-order valence-corrected chi connectivity index (χ1v) is 12.6. The second-order valence-corrected chi connectivity index (χ2v) is 10.7. The number of carboxylic acid groups (broad SMARTS) is 1. The van der Waals surface area contributed by atoms with E-state index in [0.717, 1.165) is 12.8 Å². The molecule has 0 bridgehead atoms. The largest absolute Gasteiger partial charge is 0.481 e. The third kappa shape index (κ3) is 3.87. The normalized spacial score (nSPS) is 30.2. The van der Waals surface area contributed by atoms with E-state index in [0.29, 0.717) is 25.7 Å². The van der Waals surface area contributed by atoms with E-state index in [4.69, 9.17) is 4.74 Å². The van der Waals surface area contributed by atoms with Crippen LogP contribution in [0.25, 0.3) is 11.1 Å². The van der Waals surface area contributed by atoms with Crippen molar-refractivity contribution in [3.05, 3.63) is 59.7 Å². The summed E-state index contributed by atoms with van der Waals surface area (Å²) in [5, 5.41) is 15.3. The van der Waals surface area contributed by atoms with Gasteiger partial charge in [0.15, 0.2) is 0 Å². The minimum atomic E-state index is -0.780. The van der Waals surface area contributed by atoms with Gasteiger partial charge in [-0.3, -0.25) is 9.59 Å². The first-order valence-electron chi connectivity index (χ1n) is 12.6. The van der Waals surface area contributed by atoms with Crippen molar-refractivity contribution in [3.63, 3.8) is 0 Å². The van der Waals surface area contributed by atoms with Crippen LogP contribution >= 0.6 is 0 Å². The Bertz CT molecular complexity index is 1150. The minimum absolute atomic E-state index is 0.0169. The van der Waals surface area contributed by atoms with Crippen LogP contribution in [0.5, 0.6) is 0 Å². The summed E-state index contributed by atoms with van der Waals surface area (Å²) in [7, 11) is 0. The zero-order valence-corrected chi connectivity index (χ0v) is 19.5. The lowest BCUT2D eigenvalue weighted by Crippen LogP contribution is -2.41. The number of ether oxygens (including phenoxy) is 1. The molecule has 3 saturated carbocycles. The van der Waals surface area contributed by atoms with E-state index in [1.807, 2.05) is 24.3 Å². The number of nitrogens with one attached hydrogen (secondary N) is 2. The molecule has 2 unspecified atom stereocenters. The van der Waals surface area contributed by atoms with Crippen LogP contribution < -0.4 is 10.6 Å². The number of benzene rings is 2. The summed E-state index contributed by atoms with van der Waals surface area (Å²) in [6, 6.07) is 16.3. The molecule has 2 aromatic rings. The molecule has 0 heterocycles. The number of alkyl carbamates (subject to hydrolysis) is 1. The number of hydrogen-bond donors (Lipinski definition) is 3. The number of carboxylic acids is 1. The van der Waals surface area contributed by atoms with Gasteiger partial charge in [-0.25, -0.2) is 4.79 Å². The first kappa shape index (κ1) is 22.1. The molecule has 7 nitrogen and oxygen atoms in total. The van der Waals surface area contributed by atoms with Crippen LogP contribution in [0.4, 0.5) is 4.79 Å². The van der Waals surface area contributed by atoms with Crippen molar-refractivity contribution in [2.45, 2.75) is 56.5 Å². The lowest BCUT2D eigenvalue weighted by molar-refractivity contribution is -0.141. The summed E-state index contributed by atoms with van der Waals surface area (Å²) in [5.41, 5.74) is 4.33. The Balaban J connectivity index is 1.02. The fourth-order valence-electron chi connectivity index (χ4n) is 6.76. The summed E-state index contributed by atoms with van der Waals surface area (Å²) in [6.45, 7) is 0.272. The number of aliphatic carboxylic acids is 1. The van der Waals surface area contributed by atoms with Gasteiger partial charge in [0.05, 0.1) is 11.3 Å². The van der Waals surface area contributed by atoms with Crippen molar-refractivity contribution < 1.29 is 24.2 Å². The lowest BCUT2D eigenvalue weighted by Gasteiger charge is -2.21. The van der Waals surface area contributed by atoms with E-state index in [9.17, 15) is 19.5 Å². The molecule has 2 aromatic carbocycles. The third-order valence-corrected chi connectivity index (χ3v) is 8.65. The molecule has 0 saturated heterocycles. The van der Waals surface area contributed by atoms with Gasteiger partial charge >= 0.3 is 12.1 Å². The Morgan fingerprint density at radius 2 is 1.57 bits per heavy atom. The van der Waals surface area contributed by atoms with Crippen LogP contribution in [0.2, 0.25) is 0 Å². The van der Waals surface area contributed by atoms with Crippen LogP contribution in [0.3, 0.4) is 0 Å². The van der Waals surface area contributed by atoms with Crippen LogP contribution in [0.1, 0.15) is 55.6 Å². The second kappa shape index (κ2) is 8.40. The number of hydrogen-bond acceptors (Lipinski definition) is 4. The van der Waals surface area contributed by atoms with Crippen LogP contribution in [0.15, 0.2) is 48.5 Å². The zero-order chi connectivity index (χ0) is 24.2. The number of rotatable bonds is 6. The van der Waals surface area contributed by atoms with Gasteiger partial charge in [0, 0.05) is 18.0 Å². The molecule has 0 aliphatic heterocycles. The number of fused-ring (bicyclic) bond motifs is 4. The van der Waals surface area contributed by atoms with Crippen molar-refractivity contribution in [1.29, 1.82) is 0 Å². The zero-order valence-electron chi connectivity index (χ0n) is 19.5. The first-order chi connectivity index (χ1) is 16.9. The number of carbonyl (C=O) groups is 3. The summed E-state index contributed by atoms with van der Waals surface area (Å²) in [5.74, 6) is -0.825. The van der Waals surface area contributed by atoms with Crippen molar-refractivity contribution in [2.24, 2.45) is 17.3 Å². The maximum Gasteiger partial charge on any atom is 0.407 e. The molecular weight excluding hydrogens is 444 g/mol. The number of amides is 2. The van der Waals surface area contributed by atoms with Gasteiger partial charge in [-0.2, -0.15) is 0 Å². The number of carbonyl (C=O) groups excluding carboxylic acids is 2. The van der Waals surface area contributed by atoms with Crippen LogP contribution in [-0.4, -0.2) is 41.8 Å². The summed E-state index contributed by atoms with van der Waals surface area (Å²) >= 11 is 0. The van der Waals surface area contributed by atoms with Crippen LogP contribution in [0, 0.1) is 17.3 Å². The Labute approximate surface area is 204 Å². The Hall–Kier alpha value is -3.35. The maximum absolute atomic E-state index is 13.0. The van der Waals surface area contributed by atoms with E-state index in [1.165, 1.54) is 22.3 Å². The average Bonchev–Trinajstić information content (AvgIpc) is 3.18. The highest BCUT2D eigenvalue weighted by atomic mass is 16.5. The predicted molar refractivity (Wildman–Crippen MR) is 129 cm³/mol. The fraction of sp³-hybridized carbons (Fsp3) is 0.464. The Kier molecular flexibility index (Phi) is 5.31. The molecular formula is C28H30N2O5. The van der Waals surface area contributed by atoms with Gasteiger partial charge in [-0.05, 0) is 66.7 Å². The highest BCUT2D eigenvalue weighted by Gasteiger charge is 2.65. The molecule has 4 aliphatic rings. The molecule has 0 spiro atoms. The van der Waals surface area contributed by atoms with E-state index in [1.54, 1.807) is 0 Å². The highest BCUT2D eigenvalue weighted by molar-refractivity contribution is 5.87. The molecule has 3 N–H and O–H groups in total. The average molecular weight is 475 g/mol. The Morgan fingerprint density at radius 1 is 0.886 bits per heavy atom. The summed E-state index contributed by atoms with van der Waals surface area (Å²) < 4.78 is 5.68. The molecule has 0 aromatic heterocycles. The molecule has 182 valence electrons. The lowest BCUT2D eigenvalue weighted by atomic mass is 9.98. The van der Waals surface area contributed by atoms with E-state index < -0.39 is 17.5 Å². The van der Waals surface area contributed by atoms with Crippen LogP contribution in [-0.2, 0) is 14.3 Å². The predicted octanol–water partition coefficient (Wildman–Crippen LogP) is 4.06. The Morgan fingerprint density at radius 3 is 2.23 bits per heavy atom. The van der Waals surface area contributed by atoms with E-state index in [-0.39, 0.29) is 42.4 Å². The smallest absolute Gasteiger partial charge is 0.407 e.